The van der Waals surface area contributed by atoms with Crippen molar-refractivity contribution in [3.63, 3.8) is 0 Å². The second kappa shape index (κ2) is 3.94. The topological polar surface area (TPSA) is 62.5 Å². The molecule has 0 aliphatic heterocycles. The zero-order chi connectivity index (χ0) is 13.9. The smallest absolute Gasteiger partial charge is 0.0717 e. The van der Waals surface area contributed by atoms with Gasteiger partial charge < -0.3 is 14.6 Å². The van der Waals surface area contributed by atoms with E-state index >= 15 is 0 Å². The predicted molar refractivity (Wildman–Crippen MR) is 69.2 cm³/mol. The van der Waals surface area contributed by atoms with Gasteiger partial charge in [0.05, 0.1) is 23.7 Å². The highest BCUT2D eigenvalue weighted by molar-refractivity contribution is 5.39. The third-order valence-electron chi connectivity index (χ3n) is 6.78. The molecule has 1 spiro atoms. The summed E-state index contributed by atoms with van der Waals surface area (Å²) in [6, 6.07) is 2.56. The molecule has 0 saturated heterocycles. The maximum atomic E-state index is 9.88. The van der Waals surface area contributed by atoms with Crippen LogP contribution >= 0.6 is 0 Å². The second-order valence-electron chi connectivity index (χ2n) is 6.63. The number of nitriles is 1. The fourth-order valence-corrected chi connectivity index (χ4v) is 6.15. The lowest BCUT2D eigenvalue weighted by Gasteiger charge is -2.70. The van der Waals surface area contributed by atoms with E-state index in [1.807, 2.05) is 0 Å². The molecule has 4 aliphatic rings. The molecule has 4 nitrogen and oxygen atoms in total. The largest absolute Gasteiger partial charge is 0.396 e. The van der Waals surface area contributed by atoms with Gasteiger partial charge in [0.15, 0.2) is 0 Å². The van der Waals surface area contributed by atoms with Crippen LogP contribution in [0.15, 0.2) is 0 Å². The molecule has 0 heterocycles. The minimum Gasteiger partial charge on any atom is -0.396 e. The van der Waals surface area contributed by atoms with Crippen LogP contribution in [-0.2, 0) is 9.47 Å². The Morgan fingerprint density at radius 2 is 2.00 bits per heavy atom. The Labute approximate surface area is 114 Å². The quantitative estimate of drug-likeness (QED) is 0.844. The Bertz CT molecular complexity index is 434. The van der Waals surface area contributed by atoms with E-state index in [2.05, 4.69) is 13.0 Å². The van der Waals surface area contributed by atoms with Crippen LogP contribution in [-0.4, -0.2) is 38.1 Å². The number of aliphatic hydroxyl groups is 1. The summed E-state index contributed by atoms with van der Waals surface area (Å²) in [5, 5.41) is 19.7. The van der Waals surface area contributed by atoms with E-state index in [0.717, 1.165) is 25.7 Å². The Hall–Kier alpha value is -0.630. The van der Waals surface area contributed by atoms with Crippen LogP contribution < -0.4 is 0 Å². The van der Waals surface area contributed by atoms with Crippen molar-refractivity contribution in [2.75, 3.05) is 20.8 Å². The lowest BCUT2D eigenvalue weighted by molar-refractivity contribution is -0.291. The molecule has 4 heteroatoms. The molecule has 0 aromatic heterocycles. The van der Waals surface area contributed by atoms with E-state index in [-0.39, 0.29) is 35.6 Å². The van der Waals surface area contributed by atoms with Gasteiger partial charge in [-0.3, -0.25) is 0 Å². The molecule has 4 fully saturated rings. The van der Waals surface area contributed by atoms with Gasteiger partial charge in [0.25, 0.3) is 0 Å². The number of methoxy groups -OCH3 is 2. The van der Waals surface area contributed by atoms with Crippen molar-refractivity contribution in [1.82, 2.24) is 0 Å². The minimum absolute atomic E-state index is 0.00907. The number of ether oxygens (including phenoxy) is 2. The summed E-state index contributed by atoms with van der Waals surface area (Å²) in [4.78, 5) is 0. The normalized spacial score (nSPS) is 55.2. The molecule has 4 rings (SSSR count). The summed E-state index contributed by atoms with van der Waals surface area (Å²) in [6.45, 7) is 2.27. The first-order valence-electron chi connectivity index (χ1n) is 7.16. The third kappa shape index (κ3) is 1.05. The van der Waals surface area contributed by atoms with E-state index in [1.54, 1.807) is 14.2 Å². The molecule has 0 aromatic carbocycles. The molecule has 1 N–H and O–H groups in total. The zero-order valence-electron chi connectivity index (χ0n) is 12.0. The Kier molecular flexibility index (Phi) is 2.77. The Balaban J connectivity index is 2.16. The summed E-state index contributed by atoms with van der Waals surface area (Å²) in [7, 11) is 3.47. The Morgan fingerprint density at radius 3 is 2.53 bits per heavy atom. The maximum Gasteiger partial charge on any atom is 0.0717 e. The van der Waals surface area contributed by atoms with Gasteiger partial charge in [0.2, 0.25) is 0 Å². The second-order valence-corrected chi connectivity index (χ2v) is 6.63. The Morgan fingerprint density at radius 1 is 1.32 bits per heavy atom. The first-order valence-corrected chi connectivity index (χ1v) is 7.16. The van der Waals surface area contributed by atoms with E-state index in [1.165, 1.54) is 0 Å². The average molecular weight is 265 g/mol. The highest BCUT2D eigenvalue weighted by Crippen LogP contribution is 2.85. The molecule has 4 aliphatic carbocycles. The summed E-state index contributed by atoms with van der Waals surface area (Å²) >= 11 is 0. The first kappa shape index (κ1) is 13.4. The standard InChI is InChI=1S/C15H23NO3/c1-13-6-4-5-11(18-2)15(13)10(8-17)14(13,9-16)7-12(15)19-3/h10-12,17H,4-8H2,1-3H3/t10?,11-,12+,13+,14+,15+/m1/s1. The van der Waals surface area contributed by atoms with Gasteiger partial charge in [-0.15, -0.1) is 0 Å². The number of fused-ring (bicyclic) bond motifs is 1. The molecule has 19 heavy (non-hydrogen) atoms. The van der Waals surface area contributed by atoms with Crippen LogP contribution in [0.4, 0.5) is 0 Å². The predicted octanol–water partition coefficient (Wildman–Crippen LogP) is 1.73. The van der Waals surface area contributed by atoms with Gasteiger partial charge in [-0.2, -0.15) is 5.26 Å². The van der Waals surface area contributed by atoms with Crippen molar-refractivity contribution in [3.05, 3.63) is 0 Å². The summed E-state index contributed by atoms with van der Waals surface area (Å²) in [6.07, 6.45) is 3.99. The number of hydrogen-bond donors (Lipinski definition) is 1. The summed E-state index contributed by atoms with van der Waals surface area (Å²) in [5.41, 5.74) is -0.694. The fourth-order valence-electron chi connectivity index (χ4n) is 6.15. The zero-order valence-corrected chi connectivity index (χ0v) is 12.0. The van der Waals surface area contributed by atoms with Crippen molar-refractivity contribution in [2.24, 2.45) is 22.2 Å². The molecular formula is C15H23NO3. The van der Waals surface area contributed by atoms with Crippen molar-refractivity contribution in [2.45, 2.75) is 44.8 Å². The van der Waals surface area contributed by atoms with Crippen LogP contribution in [0.25, 0.3) is 0 Å². The molecule has 6 atom stereocenters. The van der Waals surface area contributed by atoms with Gasteiger partial charge in [0, 0.05) is 32.2 Å². The van der Waals surface area contributed by atoms with Crippen molar-refractivity contribution < 1.29 is 14.6 Å². The van der Waals surface area contributed by atoms with Gasteiger partial charge in [-0.25, -0.2) is 0 Å². The minimum atomic E-state index is -0.431. The average Bonchev–Trinajstić information content (AvgIpc) is 2.86. The third-order valence-corrected chi connectivity index (χ3v) is 6.78. The van der Waals surface area contributed by atoms with Gasteiger partial charge in [-0.05, 0) is 24.7 Å². The van der Waals surface area contributed by atoms with Crippen LogP contribution in [0, 0.1) is 33.5 Å². The van der Waals surface area contributed by atoms with Gasteiger partial charge >= 0.3 is 0 Å². The highest BCUT2D eigenvalue weighted by atomic mass is 16.5. The molecule has 4 saturated carbocycles. The molecular weight excluding hydrogens is 242 g/mol. The lowest BCUT2D eigenvalue weighted by Crippen LogP contribution is -2.73. The molecule has 106 valence electrons. The summed E-state index contributed by atoms with van der Waals surface area (Å²) < 4.78 is 11.5. The summed E-state index contributed by atoms with van der Waals surface area (Å²) in [5.74, 6) is -0.00907. The van der Waals surface area contributed by atoms with E-state index in [4.69, 9.17) is 9.47 Å². The van der Waals surface area contributed by atoms with Gasteiger partial charge in [0.1, 0.15) is 0 Å². The maximum absolute atomic E-state index is 9.88. The molecule has 1 unspecified atom stereocenters. The van der Waals surface area contributed by atoms with Gasteiger partial charge in [-0.1, -0.05) is 13.3 Å². The number of rotatable bonds is 3. The SMILES string of the molecule is CO[C@H]1C[C@]2(C#N)C(CO)[C@]13[C@H](OC)CCC[C@]32C. The van der Waals surface area contributed by atoms with E-state index < -0.39 is 5.41 Å². The number of hydrogen-bond acceptors (Lipinski definition) is 4. The van der Waals surface area contributed by atoms with Crippen molar-refractivity contribution in [3.8, 4) is 6.07 Å². The van der Waals surface area contributed by atoms with Crippen LogP contribution in [0.3, 0.4) is 0 Å². The molecule has 0 amide bonds. The van der Waals surface area contributed by atoms with Crippen LogP contribution in [0.2, 0.25) is 0 Å². The van der Waals surface area contributed by atoms with Crippen LogP contribution in [0.1, 0.15) is 32.6 Å². The molecule has 0 aromatic rings. The molecule has 2 bridgehead atoms. The van der Waals surface area contributed by atoms with Crippen LogP contribution in [0.5, 0.6) is 0 Å². The highest BCUT2D eigenvalue weighted by Gasteiger charge is 2.88. The lowest BCUT2D eigenvalue weighted by atomic mass is 9.32. The van der Waals surface area contributed by atoms with Crippen molar-refractivity contribution in [1.29, 1.82) is 5.26 Å². The van der Waals surface area contributed by atoms with E-state index in [9.17, 15) is 10.4 Å². The fraction of sp³-hybridized carbons (Fsp3) is 0.933. The number of aliphatic hydroxyl groups excluding tert-OH is 1. The first-order chi connectivity index (χ1) is 9.09. The monoisotopic (exact) mass is 265 g/mol. The number of nitrogens with zero attached hydrogens (tertiary/aromatic N) is 1. The van der Waals surface area contributed by atoms with E-state index in [0.29, 0.717) is 0 Å². The molecule has 0 radical (unpaired) electrons. The van der Waals surface area contributed by atoms with Crippen molar-refractivity contribution >= 4 is 0 Å².